The van der Waals surface area contributed by atoms with Crippen LogP contribution in [-0.2, 0) is 12.6 Å². The molecule has 0 radical (unpaired) electrons. The summed E-state index contributed by atoms with van der Waals surface area (Å²) in [7, 11) is 0. The van der Waals surface area contributed by atoms with Gasteiger partial charge in [0.15, 0.2) is 0 Å². The minimum Gasteiger partial charge on any atom is -0.474 e. The monoisotopic (exact) mass is 393 g/mol. The number of ether oxygens (including phenoxy) is 1. The molecule has 1 aliphatic carbocycles. The Balaban J connectivity index is 2.00. The summed E-state index contributed by atoms with van der Waals surface area (Å²) in [6.07, 6.45) is 1.37. The molecule has 1 heterocycles. The number of halogens is 3. The van der Waals surface area contributed by atoms with E-state index in [9.17, 15) is 13.2 Å². The summed E-state index contributed by atoms with van der Waals surface area (Å²) < 4.78 is 46.0. The average Bonchev–Trinajstić information content (AvgIpc) is 3.16. The molecule has 0 N–H and O–H groups in total. The van der Waals surface area contributed by atoms with Crippen LogP contribution >= 0.6 is 0 Å². The van der Waals surface area contributed by atoms with Crippen LogP contribution in [0, 0.1) is 0 Å². The van der Waals surface area contributed by atoms with Crippen molar-refractivity contribution < 1.29 is 17.9 Å². The van der Waals surface area contributed by atoms with Gasteiger partial charge in [-0.05, 0) is 50.7 Å². The molecule has 28 heavy (non-hydrogen) atoms. The second-order valence-electron chi connectivity index (χ2n) is 7.03. The number of alkyl halides is 3. The van der Waals surface area contributed by atoms with Gasteiger partial charge in [-0.3, -0.25) is 0 Å². The van der Waals surface area contributed by atoms with Crippen molar-refractivity contribution in [2.45, 2.75) is 64.7 Å². The van der Waals surface area contributed by atoms with Crippen LogP contribution in [0.15, 0.2) is 30.5 Å². The molecule has 152 valence electrons. The number of anilines is 2. The van der Waals surface area contributed by atoms with E-state index in [2.05, 4.69) is 16.9 Å². The van der Waals surface area contributed by atoms with Crippen LogP contribution < -0.4 is 9.64 Å². The zero-order valence-corrected chi connectivity index (χ0v) is 16.3. The summed E-state index contributed by atoms with van der Waals surface area (Å²) >= 11 is 0. The Morgan fingerprint density at radius 3 is 2.50 bits per heavy atom. The molecule has 0 bridgehead atoms. The van der Waals surface area contributed by atoms with Crippen LogP contribution in [-0.4, -0.2) is 22.6 Å². The van der Waals surface area contributed by atoms with Gasteiger partial charge in [-0.25, -0.2) is 4.98 Å². The topological polar surface area (TPSA) is 38.2 Å². The fourth-order valence-corrected chi connectivity index (χ4v) is 3.61. The molecule has 1 aromatic carbocycles. The van der Waals surface area contributed by atoms with Crippen molar-refractivity contribution in [1.82, 2.24) is 9.97 Å². The Bertz CT molecular complexity index is 789. The predicted molar refractivity (Wildman–Crippen MR) is 103 cm³/mol. The lowest BCUT2D eigenvalue weighted by atomic mass is 10.1. The molecular weight excluding hydrogens is 367 g/mol. The van der Waals surface area contributed by atoms with E-state index in [1.807, 2.05) is 36.1 Å². The maximum absolute atomic E-state index is 13.5. The molecule has 1 aromatic heterocycles. The molecule has 1 aliphatic rings. The number of hydrogen-bond donors (Lipinski definition) is 0. The summed E-state index contributed by atoms with van der Waals surface area (Å²) in [6, 6.07) is 7.86. The Labute approximate surface area is 163 Å². The van der Waals surface area contributed by atoms with Crippen molar-refractivity contribution in [3.63, 3.8) is 0 Å². The van der Waals surface area contributed by atoms with E-state index in [1.54, 1.807) is 0 Å². The van der Waals surface area contributed by atoms with E-state index >= 15 is 0 Å². The van der Waals surface area contributed by atoms with Gasteiger partial charge in [0.1, 0.15) is 11.7 Å². The van der Waals surface area contributed by atoms with Crippen molar-refractivity contribution in [3.05, 3.63) is 41.6 Å². The highest BCUT2D eigenvalue weighted by Crippen LogP contribution is 2.38. The number of aryl methyl sites for hydroxylation is 1. The lowest BCUT2D eigenvalue weighted by Gasteiger charge is -2.25. The molecule has 2 aromatic rings. The minimum atomic E-state index is -4.55. The van der Waals surface area contributed by atoms with Crippen molar-refractivity contribution in [3.8, 4) is 5.88 Å². The van der Waals surface area contributed by atoms with Gasteiger partial charge < -0.3 is 9.64 Å². The van der Waals surface area contributed by atoms with Crippen LogP contribution in [0.2, 0.25) is 0 Å². The third kappa shape index (κ3) is 4.56. The Morgan fingerprint density at radius 2 is 1.86 bits per heavy atom. The van der Waals surface area contributed by atoms with E-state index in [1.165, 1.54) is 0 Å². The molecular formula is C21H26F3N3O. The average molecular weight is 393 g/mol. The van der Waals surface area contributed by atoms with Gasteiger partial charge in [0.25, 0.3) is 0 Å². The fourth-order valence-electron chi connectivity index (χ4n) is 3.61. The number of hydrogen-bond acceptors (Lipinski definition) is 4. The summed E-state index contributed by atoms with van der Waals surface area (Å²) in [5, 5.41) is 0. The van der Waals surface area contributed by atoms with E-state index < -0.39 is 11.7 Å². The summed E-state index contributed by atoms with van der Waals surface area (Å²) in [4.78, 5) is 10.1. The fraction of sp³-hybridized carbons (Fsp3) is 0.524. The van der Waals surface area contributed by atoms with E-state index in [0.717, 1.165) is 56.0 Å². The lowest BCUT2D eigenvalue weighted by molar-refractivity contribution is -0.139. The first kappa shape index (κ1) is 20.4. The normalized spacial score (nSPS) is 15.0. The molecule has 1 fully saturated rings. The van der Waals surface area contributed by atoms with E-state index in [-0.39, 0.29) is 17.9 Å². The number of para-hydroxylation sites is 1. The minimum absolute atomic E-state index is 0.216. The molecule has 0 saturated heterocycles. The number of rotatable bonds is 7. The second kappa shape index (κ2) is 8.80. The van der Waals surface area contributed by atoms with Crippen LogP contribution in [0.5, 0.6) is 5.88 Å². The van der Waals surface area contributed by atoms with E-state index in [4.69, 9.17) is 4.74 Å². The quantitative estimate of drug-likeness (QED) is 0.585. The van der Waals surface area contributed by atoms with Crippen molar-refractivity contribution in [2.75, 3.05) is 11.4 Å². The molecule has 0 atom stereocenters. The largest absolute Gasteiger partial charge is 0.474 e. The van der Waals surface area contributed by atoms with Gasteiger partial charge in [0.2, 0.25) is 11.8 Å². The zero-order valence-electron chi connectivity index (χ0n) is 16.3. The van der Waals surface area contributed by atoms with Crippen molar-refractivity contribution >= 4 is 11.6 Å². The zero-order chi connectivity index (χ0) is 20.1. The highest BCUT2D eigenvalue weighted by Gasteiger charge is 2.37. The van der Waals surface area contributed by atoms with Crippen LogP contribution in [0.4, 0.5) is 24.8 Å². The Kier molecular flexibility index (Phi) is 6.42. The Hall–Kier alpha value is -2.31. The summed E-state index contributed by atoms with van der Waals surface area (Å²) in [5.41, 5.74) is 1.12. The maximum Gasteiger partial charge on any atom is 0.423 e. The standard InChI is InChI=1S/C21H26F3N3O/c1-3-9-15-10-5-8-13-18(15)27(4-2)20-25-14-17(21(22,23)24)19(26-20)28-16-11-6-7-12-16/h5,8,10,13-14,16H,3-4,6-7,9,11-12H2,1-2H3. The summed E-state index contributed by atoms with van der Waals surface area (Å²) in [6.45, 7) is 4.56. The first-order valence-corrected chi connectivity index (χ1v) is 9.90. The number of nitrogens with zero attached hydrogens (tertiary/aromatic N) is 3. The summed E-state index contributed by atoms with van der Waals surface area (Å²) in [5.74, 6) is -0.136. The van der Waals surface area contributed by atoms with Crippen LogP contribution in [0.1, 0.15) is 57.1 Å². The Morgan fingerprint density at radius 1 is 1.14 bits per heavy atom. The third-order valence-electron chi connectivity index (χ3n) is 4.99. The molecule has 1 saturated carbocycles. The number of aromatic nitrogens is 2. The molecule has 0 spiro atoms. The first-order chi connectivity index (χ1) is 13.4. The van der Waals surface area contributed by atoms with Crippen LogP contribution in [0.3, 0.4) is 0 Å². The molecule has 7 heteroatoms. The maximum atomic E-state index is 13.5. The highest BCUT2D eigenvalue weighted by atomic mass is 19.4. The van der Waals surface area contributed by atoms with Crippen molar-refractivity contribution in [1.29, 1.82) is 0 Å². The third-order valence-corrected chi connectivity index (χ3v) is 4.99. The van der Waals surface area contributed by atoms with Gasteiger partial charge in [-0.2, -0.15) is 18.2 Å². The predicted octanol–water partition coefficient (Wildman–Crippen LogP) is 5.93. The van der Waals surface area contributed by atoms with E-state index in [0.29, 0.717) is 6.54 Å². The second-order valence-corrected chi connectivity index (χ2v) is 7.03. The van der Waals surface area contributed by atoms with Gasteiger partial charge in [-0.15, -0.1) is 0 Å². The highest BCUT2D eigenvalue weighted by molar-refractivity contribution is 5.62. The van der Waals surface area contributed by atoms with Crippen molar-refractivity contribution in [2.24, 2.45) is 0 Å². The first-order valence-electron chi connectivity index (χ1n) is 9.90. The molecule has 3 rings (SSSR count). The molecule has 0 amide bonds. The molecule has 4 nitrogen and oxygen atoms in total. The number of benzene rings is 1. The molecule has 0 aliphatic heterocycles. The van der Waals surface area contributed by atoms with Gasteiger partial charge in [-0.1, -0.05) is 31.5 Å². The van der Waals surface area contributed by atoms with Gasteiger partial charge >= 0.3 is 6.18 Å². The SMILES string of the molecule is CCCc1ccccc1N(CC)c1ncc(C(F)(F)F)c(OC2CCCC2)n1. The van der Waals surface area contributed by atoms with Crippen LogP contribution in [0.25, 0.3) is 0 Å². The molecule has 0 unspecified atom stereocenters. The lowest BCUT2D eigenvalue weighted by Crippen LogP contribution is -2.23. The van der Waals surface area contributed by atoms with Gasteiger partial charge in [0, 0.05) is 18.4 Å². The smallest absolute Gasteiger partial charge is 0.423 e. The van der Waals surface area contributed by atoms with Gasteiger partial charge in [0.05, 0.1) is 0 Å².